The largest absolute Gasteiger partial charge is 0.322 e. The Kier molecular flexibility index (Phi) is 6.51. The van der Waals surface area contributed by atoms with Gasteiger partial charge in [0.05, 0.1) is 11.1 Å². The van der Waals surface area contributed by atoms with Crippen molar-refractivity contribution in [1.82, 2.24) is 5.43 Å². The number of hydrogen-bond donors (Lipinski definition) is 2. The van der Waals surface area contributed by atoms with E-state index in [-0.39, 0.29) is 11.3 Å². The topological polar surface area (TPSA) is 114 Å². The summed E-state index contributed by atoms with van der Waals surface area (Å²) in [6.45, 7) is 0. The maximum Gasteiger partial charge on any atom is 0.271 e. The van der Waals surface area contributed by atoms with Crippen LogP contribution in [0.2, 0.25) is 5.02 Å². The molecule has 0 aromatic heterocycles. The van der Waals surface area contributed by atoms with E-state index in [1.807, 2.05) is 0 Å². The number of carbonyl (C=O) groups is 2. The van der Waals surface area contributed by atoms with Crippen molar-refractivity contribution < 1.29 is 14.5 Å². The van der Waals surface area contributed by atoms with E-state index in [4.69, 9.17) is 11.6 Å². The third-order valence-corrected chi connectivity index (χ3v) is 4.34. The molecule has 0 heterocycles. The molecule has 9 heteroatoms. The van der Waals surface area contributed by atoms with Crippen LogP contribution in [0.15, 0.2) is 77.9 Å². The van der Waals surface area contributed by atoms with E-state index < -0.39 is 16.7 Å². The van der Waals surface area contributed by atoms with Crippen LogP contribution in [-0.2, 0) is 0 Å². The second kappa shape index (κ2) is 9.44. The Morgan fingerprint density at radius 1 is 0.933 bits per heavy atom. The van der Waals surface area contributed by atoms with Gasteiger partial charge in [-0.3, -0.25) is 19.7 Å². The lowest BCUT2D eigenvalue weighted by Crippen LogP contribution is -2.18. The molecule has 30 heavy (non-hydrogen) atoms. The molecule has 8 nitrogen and oxygen atoms in total. The summed E-state index contributed by atoms with van der Waals surface area (Å²) in [5, 5.41) is 17.8. The van der Waals surface area contributed by atoms with E-state index in [0.717, 1.165) is 0 Å². The van der Waals surface area contributed by atoms with Gasteiger partial charge in [-0.1, -0.05) is 35.9 Å². The minimum absolute atomic E-state index is 0.153. The van der Waals surface area contributed by atoms with Crippen LogP contribution in [0.3, 0.4) is 0 Å². The van der Waals surface area contributed by atoms with Gasteiger partial charge in [0.25, 0.3) is 17.5 Å². The number of nitrogens with zero attached hydrogens (tertiary/aromatic N) is 2. The third-order valence-electron chi connectivity index (χ3n) is 4.00. The predicted octanol–water partition coefficient (Wildman–Crippen LogP) is 4.26. The Balaban J connectivity index is 1.61. The molecule has 2 amide bonds. The van der Waals surface area contributed by atoms with Crippen molar-refractivity contribution in [3.8, 4) is 0 Å². The van der Waals surface area contributed by atoms with E-state index in [1.165, 1.54) is 42.6 Å². The number of nitrogens with one attached hydrogen (secondary N) is 2. The molecule has 0 spiro atoms. The molecule has 3 aromatic rings. The molecule has 2 N–H and O–H groups in total. The second-order valence-electron chi connectivity index (χ2n) is 6.06. The summed E-state index contributed by atoms with van der Waals surface area (Å²) in [7, 11) is 0. The number of halogens is 1. The van der Waals surface area contributed by atoms with Gasteiger partial charge >= 0.3 is 0 Å². The Hall–Kier alpha value is -4.04. The Morgan fingerprint density at radius 2 is 1.67 bits per heavy atom. The fraction of sp³-hybridized carbons (Fsp3) is 0. The van der Waals surface area contributed by atoms with Crippen molar-refractivity contribution in [3.63, 3.8) is 0 Å². The SMILES string of the molecule is O=C(N/N=C/c1ccccc1Cl)c1ccc(NC(=O)c2cccc([N+](=O)[O-])c2)cc1. The van der Waals surface area contributed by atoms with Crippen molar-refractivity contribution in [1.29, 1.82) is 0 Å². The van der Waals surface area contributed by atoms with Crippen LogP contribution in [0.1, 0.15) is 26.3 Å². The zero-order valence-electron chi connectivity index (χ0n) is 15.4. The smallest absolute Gasteiger partial charge is 0.271 e. The van der Waals surface area contributed by atoms with Gasteiger partial charge in [-0.15, -0.1) is 0 Å². The van der Waals surface area contributed by atoms with Crippen molar-refractivity contribution in [2.45, 2.75) is 0 Å². The van der Waals surface area contributed by atoms with E-state index >= 15 is 0 Å². The maximum atomic E-state index is 12.3. The quantitative estimate of drug-likeness (QED) is 0.351. The van der Waals surface area contributed by atoms with Crippen LogP contribution in [0.5, 0.6) is 0 Å². The highest BCUT2D eigenvalue weighted by Gasteiger charge is 2.12. The van der Waals surface area contributed by atoms with Gasteiger partial charge in [0.15, 0.2) is 0 Å². The maximum absolute atomic E-state index is 12.3. The fourth-order valence-corrected chi connectivity index (χ4v) is 2.66. The first kappa shape index (κ1) is 20.7. The van der Waals surface area contributed by atoms with Gasteiger partial charge in [-0.05, 0) is 36.4 Å². The summed E-state index contributed by atoms with van der Waals surface area (Å²) in [5.74, 6) is -0.935. The van der Waals surface area contributed by atoms with Crippen LogP contribution in [0, 0.1) is 10.1 Å². The van der Waals surface area contributed by atoms with E-state index in [2.05, 4.69) is 15.8 Å². The number of nitro benzene ring substituents is 1. The number of amides is 2. The zero-order chi connectivity index (χ0) is 21.5. The molecule has 0 radical (unpaired) electrons. The summed E-state index contributed by atoms with van der Waals surface area (Å²) in [6, 6.07) is 18.6. The molecule has 0 saturated carbocycles. The Labute approximate surface area is 176 Å². The van der Waals surface area contributed by atoms with Crippen LogP contribution in [0.25, 0.3) is 0 Å². The number of benzene rings is 3. The first-order valence-electron chi connectivity index (χ1n) is 8.68. The monoisotopic (exact) mass is 422 g/mol. The van der Waals surface area contributed by atoms with E-state index in [1.54, 1.807) is 36.4 Å². The van der Waals surface area contributed by atoms with Gasteiger partial charge in [-0.2, -0.15) is 5.10 Å². The van der Waals surface area contributed by atoms with Crippen molar-refractivity contribution >= 4 is 41.0 Å². The van der Waals surface area contributed by atoms with E-state index in [0.29, 0.717) is 21.8 Å². The molecule has 150 valence electrons. The van der Waals surface area contributed by atoms with Crippen molar-refractivity contribution in [2.75, 3.05) is 5.32 Å². The van der Waals surface area contributed by atoms with Gasteiger partial charge in [0, 0.05) is 39.5 Å². The number of carbonyl (C=O) groups excluding carboxylic acids is 2. The summed E-state index contributed by atoms with van der Waals surface area (Å²) in [4.78, 5) is 34.7. The Morgan fingerprint density at radius 3 is 2.37 bits per heavy atom. The van der Waals surface area contributed by atoms with E-state index in [9.17, 15) is 19.7 Å². The lowest BCUT2D eigenvalue weighted by atomic mass is 10.1. The first-order valence-corrected chi connectivity index (χ1v) is 9.05. The molecule has 0 atom stereocenters. The number of anilines is 1. The van der Waals surface area contributed by atoms with Crippen LogP contribution >= 0.6 is 11.6 Å². The van der Waals surface area contributed by atoms with Crippen LogP contribution in [0.4, 0.5) is 11.4 Å². The van der Waals surface area contributed by atoms with Crippen molar-refractivity contribution in [3.05, 3.63) is 105 Å². The molecule has 0 unspecified atom stereocenters. The van der Waals surface area contributed by atoms with Gasteiger partial charge in [0.2, 0.25) is 0 Å². The minimum atomic E-state index is -0.571. The average molecular weight is 423 g/mol. The molecular formula is C21H15ClN4O4. The standard InChI is InChI=1S/C21H15ClN4O4/c22-19-7-2-1-4-16(19)13-23-25-21(28)14-8-10-17(11-9-14)24-20(27)15-5-3-6-18(12-15)26(29)30/h1-13H,(H,24,27)(H,25,28)/b23-13+. The third kappa shape index (κ3) is 5.27. The number of hydrazone groups is 1. The molecule has 0 fully saturated rings. The number of nitro groups is 1. The van der Waals surface area contributed by atoms with Gasteiger partial charge in [0.1, 0.15) is 0 Å². The highest BCUT2D eigenvalue weighted by Crippen LogP contribution is 2.16. The molecule has 3 rings (SSSR count). The summed E-state index contributed by atoms with van der Waals surface area (Å²) >= 11 is 6.01. The predicted molar refractivity (Wildman–Crippen MR) is 114 cm³/mol. The fourth-order valence-electron chi connectivity index (χ4n) is 2.47. The molecular weight excluding hydrogens is 408 g/mol. The van der Waals surface area contributed by atoms with Gasteiger partial charge < -0.3 is 5.32 Å². The first-order chi connectivity index (χ1) is 14.4. The van der Waals surface area contributed by atoms with Crippen LogP contribution < -0.4 is 10.7 Å². The highest BCUT2D eigenvalue weighted by atomic mass is 35.5. The molecule has 0 aliphatic heterocycles. The summed E-state index contributed by atoms with van der Waals surface area (Å²) in [5.41, 5.74) is 3.81. The summed E-state index contributed by atoms with van der Waals surface area (Å²) in [6.07, 6.45) is 1.44. The molecule has 0 bridgehead atoms. The second-order valence-corrected chi connectivity index (χ2v) is 6.47. The van der Waals surface area contributed by atoms with Gasteiger partial charge in [-0.25, -0.2) is 5.43 Å². The summed E-state index contributed by atoms with van der Waals surface area (Å²) < 4.78 is 0. The lowest BCUT2D eigenvalue weighted by molar-refractivity contribution is -0.384. The van der Waals surface area contributed by atoms with Crippen LogP contribution in [-0.4, -0.2) is 23.0 Å². The molecule has 3 aromatic carbocycles. The molecule has 0 aliphatic carbocycles. The normalized spacial score (nSPS) is 10.6. The number of non-ortho nitro benzene ring substituents is 1. The molecule has 0 saturated heterocycles. The minimum Gasteiger partial charge on any atom is -0.322 e. The lowest BCUT2D eigenvalue weighted by Gasteiger charge is -2.06. The molecule has 0 aliphatic rings. The van der Waals surface area contributed by atoms with Crippen molar-refractivity contribution in [2.24, 2.45) is 5.10 Å². The highest BCUT2D eigenvalue weighted by molar-refractivity contribution is 6.33. The number of rotatable bonds is 6. The zero-order valence-corrected chi connectivity index (χ0v) is 16.2. The Bertz CT molecular complexity index is 1130. The average Bonchev–Trinajstić information content (AvgIpc) is 2.75. The number of hydrogen-bond acceptors (Lipinski definition) is 5.